The van der Waals surface area contributed by atoms with Crippen molar-refractivity contribution in [2.75, 3.05) is 13.2 Å². The van der Waals surface area contributed by atoms with E-state index in [4.69, 9.17) is 9.47 Å². The van der Waals surface area contributed by atoms with Crippen LogP contribution in [0.1, 0.15) is 46.0 Å². The Labute approximate surface area is 130 Å². The number of fused-ring (bicyclic) bond motifs is 1. The first-order chi connectivity index (χ1) is 10.6. The highest BCUT2D eigenvalue weighted by Gasteiger charge is 2.66. The van der Waals surface area contributed by atoms with Crippen LogP contribution < -0.4 is 0 Å². The van der Waals surface area contributed by atoms with Crippen LogP contribution >= 0.6 is 0 Å². The minimum absolute atomic E-state index is 0.0172. The quantitative estimate of drug-likeness (QED) is 0.588. The molecule has 5 heteroatoms. The zero-order chi connectivity index (χ0) is 15.9. The maximum atomic E-state index is 12.8. The molecule has 0 heterocycles. The standard InChI is InChI=1S/C17H24O5/c1-3-21-15(19)17(16(20)22-4-2)8-7-10-9-11-5-6-12(10)13(17)14(11)18/h10-13H,3-9H2,1-2H3. The third-order valence-corrected chi connectivity index (χ3v) is 5.90. The maximum Gasteiger partial charge on any atom is 0.324 e. The van der Waals surface area contributed by atoms with Gasteiger partial charge < -0.3 is 9.47 Å². The van der Waals surface area contributed by atoms with Crippen LogP contribution in [0, 0.1) is 29.1 Å². The molecule has 0 aliphatic heterocycles. The first-order valence-electron chi connectivity index (χ1n) is 8.44. The van der Waals surface area contributed by atoms with Crippen LogP contribution in [0.3, 0.4) is 0 Å². The van der Waals surface area contributed by atoms with Crippen molar-refractivity contribution in [2.24, 2.45) is 29.1 Å². The van der Waals surface area contributed by atoms with Crippen molar-refractivity contribution in [1.82, 2.24) is 0 Å². The van der Waals surface area contributed by atoms with Crippen LogP contribution in [0.25, 0.3) is 0 Å². The molecule has 0 saturated heterocycles. The predicted molar refractivity (Wildman–Crippen MR) is 77.8 cm³/mol. The van der Waals surface area contributed by atoms with Crippen LogP contribution in [0.4, 0.5) is 0 Å². The molecule has 0 amide bonds. The van der Waals surface area contributed by atoms with E-state index in [1.165, 1.54) is 0 Å². The molecule has 0 aromatic carbocycles. The molecule has 4 unspecified atom stereocenters. The van der Waals surface area contributed by atoms with Crippen molar-refractivity contribution in [3.8, 4) is 0 Å². The summed E-state index contributed by atoms with van der Waals surface area (Å²) in [6, 6.07) is 0. The van der Waals surface area contributed by atoms with E-state index in [2.05, 4.69) is 0 Å². The topological polar surface area (TPSA) is 69.7 Å². The van der Waals surface area contributed by atoms with Crippen molar-refractivity contribution >= 4 is 17.7 Å². The number of esters is 2. The van der Waals surface area contributed by atoms with Gasteiger partial charge in [-0.2, -0.15) is 0 Å². The average Bonchev–Trinajstić information content (AvgIpc) is 2.51. The van der Waals surface area contributed by atoms with Crippen LogP contribution in [0.2, 0.25) is 0 Å². The first-order valence-corrected chi connectivity index (χ1v) is 8.44. The molecular formula is C17H24O5. The molecule has 4 aliphatic carbocycles. The summed E-state index contributed by atoms with van der Waals surface area (Å²) in [6.45, 7) is 3.85. The van der Waals surface area contributed by atoms with E-state index in [0.717, 1.165) is 25.7 Å². The summed E-state index contributed by atoms with van der Waals surface area (Å²) in [7, 11) is 0. The van der Waals surface area contributed by atoms with Crippen molar-refractivity contribution in [3.63, 3.8) is 0 Å². The number of carbonyl (C=O) groups is 3. The third kappa shape index (κ3) is 2.01. The fourth-order valence-electron chi connectivity index (χ4n) is 5.02. The molecule has 4 atom stereocenters. The van der Waals surface area contributed by atoms with E-state index in [1.54, 1.807) is 13.8 Å². The summed E-state index contributed by atoms with van der Waals surface area (Å²) in [6.07, 6.45) is 3.96. The first kappa shape index (κ1) is 15.5. The molecule has 4 aliphatic rings. The second-order valence-electron chi connectivity index (χ2n) is 6.76. The number of Topliss-reactive ketones (excluding diaryl/α,β-unsaturated/α-hetero) is 1. The van der Waals surface area contributed by atoms with Crippen molar-refractivity contribution in [3.05, 3.63) is 0 Å². The highest BCUT2D eigenvalue weighted by molar-refractivity contribution is 6.06. The summed E-state index contributed by atoms with van der Waals surface area (Å²) in [5.41, 5.74) is -1.40. The Morgan fingerprint density at radius 3 is 2.32 bits per heavy atom. The van der Waals surface area contributed by atoms with Gasteiger partial charge in [0.25, 0.3) is 0 Å². The summed E-state index contributed by atoms with van der Waals surface area (Å²) in [5, 5.41) is 0. The van der Waals surface area contributed by atoms with Gasteiger partial charge in [-0.1, -0.05) is 0 Å². The molecule has 0 aromatic heterocycles. The molecule has 0 radical (unpaired) electrons. The Hall–Kier alpha value is -1.39. The van der Waals surface area contributed by atoms with E-state index in [9.17, 15) is 14.4 Å². The zero-order valence-corrected chi connectivity index (χ0v) is 13.3. The van der Waals surface area contributed by atoms with Gasteiger partial charge in [0.05, 0.1) is 13.2 Å². The lowest BCUT2D eigenvalue weighted by atomic mass is 9.46. The number of rotatable bonds is 4. The number of hydrogen-bond donors (Lipinski definition) is 0. The van der Waals surface area contributed by atoms with Gasteiger partial charge in [0.1, 0.15) is 5.78 Å². The summed E-state index contributed by atoms with van der Waals surface area (Å²) >= 11 is 0. The Balaban J connectivity index is 2.03. The Bertz CT molecular complexity index is 479. The lowest BCUT2D eigenvalue weighted by Crippen LogP contribution is -2.62. The smallest absolute Gasteiger partial charge is 0.324 e. The Morgan fingerprint density at radius 2 is 1.73 bits per heavy atom. The van der Waals surface area contributed by atoms with Gasteiger partial charge in [0.2, 0.25) is 0 Å². The monoisotopic (exact) mass is 308 g/mol. The highest BCUT2D eigenvalue weighted by atomic mass is 16.6. The average molecular weight is 308 g/mol. The van der Waals surface area contributed by atoms with E-state index in [-0.39, 0.29) is 30.8 Å². The predicted octanol–water partition coefficient (Wildman–Crippen LogP) is 2.12. The number of hydrogen-bond acceptors (Lipinski definition) is 5. The fraction of sp³-hybridized carbons (Fsp3) is 0.824. The normalized spacial score (nSPS) is 35.1. The van der Waals surface area contributed by atoms with Crippen LogP contribution in [0.15, 0.2) is 0 Å². The summed E-state index contributed by atoms with van der Waals surface area (Å²) in [4.78, 5) is 38.2. The third-order valence-electron chi connectivity index (χ3n) is 5.90. The van der Waals surface area contributed by atoms with E-state index in [1.807, 2.05) is 0 Å². The lowest BCUT2D eigenvalue weighted by Gasteiger charge is -2.55. The number of carbonyl (C=O) groups excluding carboxylic acids is 3. The Kier molecular flexibility index (Phi) is 4.00. The second kappa shape index (κ2) is 5.67. The molecule has 4 rings (SSSR count). The Morgan fingerprint density at radius 1 is 1.09 bits per heavy atom. The molecule has 0 aromatic rings. The van der Waals surface area contributed by atoms with Crippen LogP contribution in [-0.2, 0) is 23.9 Å². The van der Waals surface area contributed by atoms with Gasteiger partial charge in [0.15, 0.2) is 5.41 Å². The molecule has 22 heavy (non-hydrogen) atoms. The van der Waals surface area contributed by atoms with E-state index in [0.29, 0.717) is 12.3 Å². The SMILES string of the molecule is CCOC(=O)C1(C(=O)OCC)CCC2CC3CCC2C1C3=O. The molecular weight excluding hydrogens is 284 g/mol. The van der Waals surface area contributed by atoms with Crippen molar-refractivity contribution in [1.29, 1.82) is 0 Å². The van der Waals surface area contributed by atoms with Crippen LogP contribution in [-0.4, -0.2) is 30.9 Å². The molecule has 0 N–H and O–H groups in total. The van der Waals surface area contributed by atoms with Gasteiger partial charge >= 0.3 is 11.9 Å². The minimum Gasteiger partial charge on any atom is -0.465 e. The largest absolute Gasteiger partial charge is 0.465 e. The minimum atomic E-state index is -1.40. The van der Waals surface area contributed by atoms with E-state index < -0.39 is 23.3 Å². The molecule has 4 fully saturated rings. The van der Waals surface area contributed by atoms with Gasteiger partial charge in [0, 0.05) is 11.8 Å². The molecule has 4 bridgehead atoms. The van der Waals surface area contributed by atoms with Gasteiger partial charge in [-0.15, -0.1) is 0 Å². The van der Waals surface area contributed by atoms with Gasteiger partial charge in [-0.25, -0.2) is 0 Å². The zero-order valence-electron chi connectivity index (χ0n) is 13.3. The number of ketones is 1. The maximum absolute atomic E-state index is 12.8. The lowest BCUT2D eigenvalue weighted by molar-refractivity contribution is -0.194. The second-order valence-corrected chi connectivity index (χ2v) is 6.76. The fourth-order valence-corrected chi connectivity index (χ4v) is 5.02. The highest BCUT2D eigenvalue weighted by Crippen LogP contribution is 2.59. The number of ether oxygens (including phenoxy) is 2. The van der Waals surface area contributed by atoms with Crippen molar-refractivity contribution < 1.29 is 23.9 Å². The molecule has 0 spiro atoms. The molecule has 5 nitrogen and oxygen atoms in total. The van der Waals surface area contributed by atoms with E-state index >= 15 is 0 Å². The van der Waals surface area contributed by atoms with Gasteiger partial charge in [-0.05, 0) is 57.8 Å². The summed E-state index contributed by atoms with van der Waals surface area (Å²) < 4.78 is 10.4. The molecule has 122 valence electrons. The molecule has 4 saturated carbocycles. The summed E-state index contributed by atoms with van der Waals surface area (Å²) in [5.74, 6) is -0.928. The van der Waals surface area contributed by atoms with Crippen molar-refractivity contribution in [2.45, 2.75) is 46.0 Å². The van der Waals surface area contributed by atoms with Gasteiger partial charge in [-0.3, -0.25) is 14.4 Å². The van der Waals surface area contributed by atoms with Crippen LogP contribution in [0.5, 0.6) is 0 Å².